The number of ether oxygens (including phenoxy) is 3. The van der Waals surface area contributed by atoms with Gasteiger partial charge in [-0.05, 0) is 57.8 Å². The second-order valence-corrected chi connectivity index (χ2v) is 20.2. The summed E-state index contributed by atoms with van der Waals surface area (Å²) in [5.41, 5.74) is 0. The fourth-order valence-corrected chi connectivity index (χ4v) is 8.85. The van der Waals surface area contributed by atoms with Crippen LogP contribution >= 0.6 is 0 Å². The first-order chi connectivity index (χ1) is 34.0. The zero-order valence-electron chi connectivity index (χ0n) is 46.1. The predicted octanol–water partition coefficient (Wildman–Crippen LogP) is 20.2. The van der Waals surface area contributed by atoms with Crippen molar-refractivity contribution in [2.45, 2.75) is 322 Å². The van der Waals surface area contributed by atoms with Crippen molar-refractivity contribution in [2.24, 2.45) is 0 Å². The van der Waals surface area contributed by atoms with E-state index >= 15 is 0 Å². The summed E-state index contributed by atoms with van der Waals surface area (Å²) in [5.74, 6) is -0.868. The summed E-state index contributed by atoms with van der Waals surface area (Å²) >= 11 is 0. The highest BCUT2D eigenvalue weighted by Crippen LogP contribution is 2.17. The van der Waals surface area contributed by atoms with Crippen LogP contribution in [-0.4, -0.2) is 37.2 Å². The van der Waals surface area contributed by atoms with Crippen LogP contribution in [0.2, 0.25) is 0 Å². The maximum atomic E-state index is 12.8. The van der Waals surface area contributed by atoms with Gasteiger partial charge in [0.25, 0.3) is 0 Å². The van der Waals surface area contributed by atoms with E-state index in [9.17, 15) is 14.4 Å². The minimum absolute atomic E-state index is 0.0711. The predicted molar refractivity (Wildman–Crippen MR) is 298 cm³/mol. The standard InChI is InChI=1S/C63H114O6/c1-4-7-10-13-16-18-20-22-24-26-28-30-32-34-35-37-39-41-43-45-47-50-53-56-62(65)68-59-60(58-67-61(64)55-52-49-15-12-9-6-3)69-63(66)57-54-51-48-46-44-42-40-38-36-33-31-29-27-25-23-21-19-17-14-11-8-5-2/h7,10,16,18,22,24,28,30,60H,4-6,8-9,11-15,17,19-21,23,25-27,29,31-59H2,1-3H3/b10-7-,18-16-,24-22-,30-28-. The zero-order chi connectivity index (χ0) is 50.0. The Morgan fingerprint density at radius 1 is 0.304 bits per heavy atom. The van der Waals surface area contributed by atoms with Gasteiger partial charge < -0.3 is 14.2 Å². The minimum Gasteiger partial charge on any atom is -0.462 e. The zero-order valence-corrected chi connectivity index (χ0v) is 46.1. The molecule has 0 aromatic carbocycles. The van der Waals surface area contributed by atoms with Gasteiger partial charge in [-0.2, -0.15) is 0 Å². The van der Waals surface area contributed by atoms with Crippen LogP contribution in [0.15, 0.2) is 48.6 Å². The molecule has 6 nitrogen and oxygen atoms in total. The first kappa shape index (κ1) is 66.4. The number of esters is 3. The van der Waals surface area contributed by atoms with Crippen LogP contribution in [0.3, 0.4) is 0 Å². The Hall–Kier alpha value is -2.63. The van der Waals surface area contributed by atoms with Crippen molar-refractivity contribution < 1.29 is 28.6 Å². The largest absolute Gasteiger partial charge is 0.462 e. The van der Waals surface area contributed by atoms with Crippen molar-refractivity contribution in [3.05, 3.63) is 48.6 Å². The summed E-state index contributed by atoms with van der Waals surface area (Å²) in [7, 11) is 0. The Bertz CT molecular complexity index is 1200. The van der Waals surface area contributed by atoms with Gasteiger partial charge in [-0.25, -0.2) is 0 Å². The van der Waals surface area contributed by atoms with E-state index in [1.54, 1.807) is 0 Å². The lowest BCUT2D eigenvalue weighted by atomic mass is 10.0. The number of allylic oxidation sites excluding steroid dienone is 8. The summed E-state index contributed by atoms with van der Waals surface area (Å²) in [4.78, 5) is 37.9. The molecule has 0 bridgehead atoms. The molecule has 0 aromatic heterocycles. The number of rotatable bonds is 55. The molecule has 0 radical (unpaired) electrons. The molecule has 0 rings (SSSR count). The van der Waals surface area contributed by atoms with Crippen LogP contribution in [0, 0.1) is 0 Å². The third-order valence-corrected chi connectivity index (χ3v) is 13.3. The molecule has 69 heavy (non-hydrogen) atoms. The molecule has 0 amide bonds. The summed E-state index contributed by atoms with van der Waals surface area (Å²) in [6.45, 7) is 6.51. The van der Waals surface area contributed by atoms with E-state index in [1.165, 1.54) is 193 Å². The molecule has 0 fully saturated rings. The molecule has 1 unspecified atom stereocenters. The number of hydrogen-bond acceptors (Lipinski definition) is 6. The van der Waals surface area contributed by atoms with Crippen LogP contribution in [0.1, 0.15) is 316 Å². The Morgan fingerprint density at radius 2 is 0.565 bits per heavy atom. The Balaban J connectivity index is 4.09. The van der Waals surface area contributed by atoms with E-state index < -0.39 is 6.10 Å². The highest BCUT2D eigenvalue weighted by Gasteiger charge is 2.19. The molecule has 0 aliphatic carbocycles. The first-order valence-electron chi connectivity index (χ1n) is 30.1. The minimum atomic E-state index is -0.769. The van der Waals surface area contributed by atoms with E-state index in [4.69, 9.17) is 14.2 Å². The quantitative estimate of drug-likeness (QED) is 0.0262. The average Bonchev–Trinajstić information content (AvgIpc) is 3.35. The van der Waals surface area contributed by atoms with Crippen molar-refractivity contribution in [3.8, 4) is 0 Å². The van der Waals surface area contributed by atoms with Crippen LogP contribution in [-0.2, 0) is 28.6 Å². The van der Waals surface area contributed by atoms with Crippen molar-refractivity contribution in [3.63, 3.8) is 0 Å². The third kappa shape index (κ3) is 56.2. The molecule has 402 valence electrons. The normalized spacial score (nSPS) is 12.3. The second kappa shape index (κ2) is 57.9. The number of unbranched alkanes of at least 4 members (excludes halogenated alkanes) is 36. The maximum Gasteiger partial charge on any atom is 0.306 e. The summed E-state index contributed by atoms with van der Waals surface area (Å²) < 4.78 is 16.8. The molecule has 0 heterocycles. The van der Waals surface area contributed by atoms with Gasteiger partial charge in [0.1, 0.15) is 13.2 Å². The van der Waals surface area contributed by atoms with Crippen molar-refractivity contribution in [1.82, 2.24) is 0 Å². The SMILES string of the molecule is CC/C=C\C/C=C\C/C=C\C/C=C\CCCCCCCCCCCCC(=O)OCC(COC(=O)CCCCCCCC)OC(=O)CCCCCCCCCCCCCCCCCCCCCCCC. The van der Waals surface area contributed by atoms with Crippen molar-refractivity contribution in [2.75, 3.05) is 13.2 Å². The topological polar surface area (TPSA) is 78.9 Å². The highest BCUT2D eigenvalue weighted by atomic mass is 16.6. The van der Waals surface area contributed by atoms with E-state index in [0.29, 0.717) is 19.3 Å². The Labute approximate surface area is 428 Å². The molecule has 6 heteroatoms. The average molecular weight is 968 g/mol. The van der Waals surface area contributed by atoms with Gasteiger partial charge in [0.2, 0.25) is 0 Å². The molecule has 0 aliphatic rings. The van der Waals surface area contributed by atoms with E-state index in [-0.39, 0.29) is 31.1 Å². The second-order valence-electron chi connectivity index (χ2n) is 20.2. The Morgan fingerprint density at radius 3 is 0.884 bits per heavy atom. The summed E-state index contributed by atoms with van der Waals surface area (Å²) in [5, 5.41) is 0. The first-order valence-corrected chi connectivity index (χ1v) is 30.1. The molecule has 0 aromatic rings. The van der Waals surface area contributed by atoms with Gasteiger partial charge in [0.05, 0.1) is 0 Å². The number of carbonyl (C=O) groups is 3. The van der Waals surface area contributed by atoms with Gasteiger partial charge >= 0.3 is 17.9 Å². The van der Waals surface area contributed by atoms with E-state index in [0.717, 1.165) is 83.5 Å². The fourth-order valence-electron chi connectivity index (χ4n) is 8.85. The number of hydrogen-bond donors (Lipinski definition) is 0. The molecule has 1 atom stereocenters. The lowest BCUT2D eigenvalue weighted by Gasteiger charge is -2.18. The monoisotopic (exact) mass is 967 g/mol. The molecule has 0 saturated carbocycles. The maximum absolute atomic E-state index is 12.8. The van der Waals surface area contributed by atoms with Gasteiger partial charge in [0.15, 0.2) is 6.10 Å². The lowest BCUT2D eigenvalue weighted by Crippen LogP contribution is -2.30. The van der Waals surface area contributed by atoms with Gasteiger partial charge in [-0.15, -0.1) is 0 Å². The van der Waals surface area contributed by atoms with E-state index in [1.807, 2.05) is 0 Å². The molecule has 0 aliphatic heterocycles. The molecular formula is C63H114O6. The van der Waals surface area contributed by atoms with E-state index in [2.05, 4.69) is 69.4 Å². The summed E-state index contributed by atoms with van der Waals surface area (Å²) in [6.07, 6.45) is 71.5. The number of carbonyl (C=O) groups excluding carboxylic acids is 3. The van der Waals surface area contributed by atoms with Crippen LogP contribution in [0.4, 0.5) is 0 Å². The van der Waals surface area contributed by atoms with Crippen LogP contribution < -0.4 is 0 Å². The van der Waals surface area contributed by atoms with Gasteiger partial charge in [0, 0.05) is 19.3 Å². The van der Waals surface area contributed by atoms with Crippen LogP contribution in [0.25, 0.3) is 0 Å². The molecule has 0 spiro atoms. The third-order valence-electron chi connectivity index (χ3n) is 13.3. The fraction of sp³-hybridized carbons (Fsp3) is 0.825. The summed E-state index contributed by atoms with van der Waals surface area (Å²) in [6, 6.07) is 0. The molecule has 0 N–H and O–H groups in total. The lowest BCUT2D eigenvalue weighted by molar-refractivity contribution is -0.167. The molecule has 0 saturated heterocycles. The molecular weight excluding hydrogens is 853 g/mol. The Kier molecular flexibility index (Phi) is 55.7. The highest BCUT2D eigenvalue weighted by molar-refractivity contribution is 5.71. The van der Waals surface area contributed by atoms with Gasteiger partial charge in [-0.1, -0.05) is 288 Å². The van der Waals surface area contributed by atoms with Crippen LogP contribution in [0.5, 0.6) is 0 Å². The van der Waals surface area contributed by atoms with Crippen molar-refractivity contribution in [1.29, 1.82) is 0 Å². The smallest absolute Gasteiger partial charge is 0.306 e. The van der Waals surface area contributed by atoms with Gasteiger partial charge in [-0.3, -0.25) is 14.4 Å². The van der Waals surface area contributed by atoms with Crippen molar-refractivity contribution >= 4 is 17.9 Å².